The molecule has 0 saturated heterocycles. The molecule has 0 aliphatic rings. The molecule has 3 rings (SSSR count). The Hall–Kier alpha value is -2.44. The molecule has 0 unspecified atom stereocenters. The Morgan fingerprint density at radius 2 is 2.05 bits per heavy atom. The van der Waals surface area contributed by atoms with Gasteiger partial charge in [-0.25, -0.2) is 0 Å². The Balaban J connectivity index is 2.06. The Bertz CT molecular complexity index is 846. The molecule has 3 nitrogen and oxygen atoms in total. The van der Waals surface area contributed by atoms with Crippen LogP contribution in [0.15, 0.2) is 48.7 Å². The topological polar surface area (TPSA) is 38.0 Å². The van der Waals surface area contributed by atoms with Gasteiger partial charge in [-0.2, -0.15) is 5.26 Å². The van der Waals surface area contributed by atoms with Crippen molar-refractivity contribution in [1.82, 2.24) is 4.57 Å². The van der Waals surface area contributed by atoms with Gasteiger partial charge in [0.1, 0.15) is 5.75 Å². The van der Waals surface area contributed by atoms with Gasteiger partial charge < -0.3 is 9.30 Å². The molecule has 0 aliphatic heterocycles. The van der Waals surface area contributed by atoms with E-state index in [0.29, 0.717) is 17.1 Å². The minimum Gasteiger partial charge on any atom is -0.496 e. The number of benzene rings is 2. The van der Waals surface area contributed by atoms with Gasteiger partial charge in [-0.15, -0.1) is 0 Å². The first kappa shape index (κ1) is 13.5. The van der Waals surface area contributed by atoms with Crippen molar-refractivity contribution in [2.45, 2.75) is 6.54 Å². The van der Waals surface area contributed by atoms with E-state index in [1.165, 1.54) is 0 Å². The SMILES string of the molecule is COc1ccc(Cl)cc1Cn1ccc2ccc(C#N)cc21. The normalized spacial score (nSPS) is 10.5. The standard InChI is InChI=1S/C17H13ClN2O/c1-21-17-5-4-15(18)9-14(17)11-20-7-6-13-3-2-12(10-19)8-16(13)20/h2-9H,11H2,1H3. The van der Waals surface area contributed by atoms with Crippen LogP contribution in [0.2, 0.25) is 5.02 Å². The van der Waals surface area contributed by atoms with E-state index < -0.39 is 0 Å². The minimum atomic E-state index is 0.641. The zero-order valence-electron chi connectivity index (χ0n) is 11.5. The fourth-order valence-corrected chi connectivity index (χ4v) is 2.64. The summed E-state index contributed by atoms with van der Waals surface area (Å²) in [6, 6.07) is 15.5. The fraction of sp³-hybridized carbons (Fsp3) is 0.118. The number of ether oxygens (including phenoxy) is 1. The number of hydrogen-bond donors (Lipinski definition) is 0. The van der Waals surface area contributed by atoms with E-state index in [1.807, 2.05) is 48.7 Å². The highest BCUT2D eigenvalue weighted by Gasteiger charge is 2.08. The number of nitriles is 1. The fourth-order valence-electron chi connectivity index (χ4n) is 2.45. The number of fused-ring (bicyclic) bond motifs is 1. The predicted molar refractivity (Wildman–Crippen MR) is 83.8 cm³/mol. The lowest BCUT2D eigenvalue weighted by molar-refractivity contribution is 0.408. The summed E-state index contributed by atoms with van der Waals surface area (Å²) >= 11 is 6.07. The molecule has 0 amide bonds. The van der Waals surface area contributed by atoms with Crippen molar-refractivity contribution in [2.24, 2.45) is 0 Å². The second-order valence-corrected chi connectivity index (χ2v) is 5.22. The maximum Gasteiger partial charge on any atom is 0.123 e. The van der Waals surface area contributed by atoms with E-state index in [4.69, 9.17) is 21.6 Å². The van der Waals surface area contributed by atoms with Gasteiger partial charge in [0.15, 0.2) is 0 Å². The molecule has 0 spiro atoms. The zero-order valence-corrected chi connectivity index (χ0v) is 12.3. The van der Waals surface area contributed by atoms with Crippen LogP contribution in [-0.4, -0.2) is 11.7 Å². The molecule has 2 aromatic carbocycles. The summed E-state index contributed by atoms with van der Waals surface area (Å²) in [7, 11) is 1.65. The lowest BCUT2D eigenvalue weighted by Crippen LogP contribution is -2.00. The van der Waals surface area contributed by atoms with E-state index in [0.717, 1.165) is 22.2 Å². The van der Waals surface area contributed by atoms with Crippen molar-refractivity contribution in [3.05, 3.63) is 64.8 Å². The Morgan fingerprint density at radius 3 is 2.81 bits per heavy atom. The quantitative estimate of drug-likeness (QED) is 0.725. The summed E-state index contributed by atoms with van der Waals surface area (Å²) in [6.45, 7) is 0.641. The molecule has 0 bridgehead atoms. The van der Waals surface area contributed by atoms with Crippen LogP contribution in [0.25, 0.3) is 10.9 Å². The smallest absolute Gasteiger partial charge is 0.123 e. The van der Waals surface area contributed by atoms with Gasteiger partial charge in [0.2, 0.25) is 0 Å². The van der Waals surface area contributed by atoms with Crippen LogP contribution in [0.3, 0.4) is 0 Å². The summed E-state index contributed by atoms with van der Waals surface area (Å²) in [5.41, 5.74) is 2.68. The number of halogens is 1. The monoisotopic (exact) mass is 296 g/mol. The van der Waals surface area contributed by atoms with Crippen LogP contribution in [-0.2, 0) is 6.54 Å². The van der Waals surface area contributed by atoms with E-state index in [2.05, 4.69) is 10.6 Å². The Kier molecular flexibility index (Phi) is 3.55. The maximum absolute atomic E-state index is 9.04. The van der Waals surface area contributed by atoms with E-state index in [9.17, 15) is 0 Å². The van der Waals surface area contributed by atoms with Crippen LogP contribution in [0.4, 0.5) is 0 Å². The van der Waals surface area contributed by atoms with Crippen molar-refractivity contribution in [2.75, 3.05) is 7.11 Å². The largest absolute Gasteiger partial charge is 0.496 e. The third-order valence-corrected chi connectivity index (χ3v) is 3.72. The predicted octanol–water partition coefficient (Wildman–Crippen LogP) is 4.22. The number of hydrogen-bond acceptors (Lipinski definition) is 2. The van der Waals surface area contributed by atoms with Gasteiger partial charge in [0.05, 0.1) is 25.3 Å². The summed E-state index contributed by atoms with van der Waals surface area (Å²) < 4.78 is 7.47. The van der Waals surface area contributed by atoms with Crippen LogP contribution in [0.5, 0.6) is 5.75 Å². The first-order valence-corrected chi connectivity index (χ1v) is 6.90. The first-order chi connectivity index (χ1) is 10.2. The molecule has 0 N–H and O–H groups in total. The Labute approximate surface area is 127 Å². The molecule has 104 valence electrons. The first-order valence-electron chi connectivity index (χ1n) is 6.52. The second kappa shape index (κ2) is 5.51. The number of nitrogens with zero attached hydrogens (tertiary/aromatic N) is 2. The second-order valence-electron chi connectivity index (χ2n) is 4.79. The van der Waals surface area contributed by atoms with Gasteiger partial charge in [0, 0.05) is 22.3 Å². The third-order valence-electron chi connectivity index (χ3n) is 3.49. The number of rotatable bonds is 3. The highest BCUT2D eigenvalue weighted by atomic mass is 35.5. The molecule has 21 heavy (non-hydrogen) atoms. The van der Waals surface area contributed by atoms with Gasteiger partial charge in [0.25, 0.3) is 0 Å². The average molecular weight is 297 g/mol. The van der Waals surface area contributed by atoms with Crippen molar-refractivity contribution < 1.29 is 4.74 Å². The molecular weight excluding hydrogens is 284 g/mol. The minimum absolute atomic E-state index is 0.641. The molecule has 0 fully saturated rings. The van der Waals surface area contributed by atoms with Gasteiger partial charge >= 0.3 is 0 Å². The van der Waals surface area contributed by atoms with Crippen molar-refractivity contribution in [3.8, 4) is 11.8 Å². The maximum atomic E-state index is 9.04. The zero-order chi connectivity index (χ0) is 14.8. The molecule has 1 aromatic heterocycles. The van der Waals surface area contributed by atoms with Gasteiger partial charge in [-0.05, 0) is 41.8 Å². The molecule has 0 radical (unpaired) electrons. The van der Waals surface area contributed by atoms with Crippen LogP contribution in [0, 0.1) is 11.3 Å². The van der Waals surface area contributed by atoms with E-state index in [1.54, 1.807) is 7.11 Å². The lowest BCUT2D eigenvalue weighted by Gasteiger charge is -2.11. The van der Waals surface area contributed by atoms with Crippen molar-refractivity contribution >= 4 is 22.5 Å². The number of methoxy groups -OCH3 is 1. The molecule has 0 saturated carbocycles. The summed E-state index contributed by atoms with van der Waals surface area (Å²) in [5, 5.41) is 10.8. The average Bonchev–Trinajstić information content (AvgIpc) is 2.90. The van der Waals surface area contributed by atoms with Crippen LogP contribution < -0.4 is 4.74 Å². The van der Waals surface area contributed by atoms with Gasteiger partial charge in [-0.1, -0.05) is 17.7 Å². The van der Waals surface area contributed by atoms with Crippen molar-refractivity contribution in [3.63, 3.8) is 0 Å². The summed E-state index contributed by atoms with van der Waals surface area (Å²) in [6.07, 6.45) is 2.01. The van der Waals surface area contributed by atoms with Crippen LogP contribution in [0.1, 0.15) is 11.1 Å². The van der Waals surface area contributed by atoms with E-state index in [-0.39, 0.29) is 0 Å². The van der Waals surface area contributed by atoms with E-state index >= 15 is 0 Å². The molecule has 0 aliphatic carbocycles. The molecule has 0 atom stereocenters. The lowest BCUT2D eigenvalue weighted by atomic mass is 10.1. The Morgan fingerprint density at radius 1 is 1.19 bits per heavy atom. The van der Waals surface area contributed by atoms with Crippen molar-refractivity contribution in [1.29, 1.82) is 5.26 Å². The molecule has 4 heteroatoms. The number of aromatic nitrogens is 1. The highest BCUT2D eigenvalue weighted by molar-refractivity contribution is 6.30. The van der Waals surface area contributed by atoms with Gasteiger partial charge in [-0.3, -0.25) is 0 Å². The summed E-state index contributed by atoms with van der Waals surface area (Å²) in [4.78, 5) is 0. The molecule has 1 heterocycles. The highest BCUT2D eigenvalue weighted by Crippen LogP contribution is 2.25. The molecule has 3 aromatic rings. The van der Waals surface area contributed by atoms with Crippen LogP contribution >= 0.6 is 11.6 Å². The molecular formula is C17H13ClN2O. The third kappa shape index (κ3) is 2.58. The summed E-state index contributed by atoms with van der Waals surface area (Å²) in [5.74, 6) is 0.803.